The Hall–Kier alpha value is -0.0400. The van der Waals surface area contributed by atoms with Crippen LogP contribution in [0.15, 0.2) is 0 Å². The van der Waals surface area contributed by atoms with E-state index in [1.807, 2.05) is 0 Å². The standard InChI is InChI=1S/C15H30O/c1-5-13(6-2)12-15(16)9-7-8-14(3,4)10-11-15/h13,16H,5-12H2,1-4H3. The normalized spacial score (nSPS) is 30.4. The molecule has 1 atom stereocenters. The first-order valence-electron chi connectivity index (χ1n) is 7.13. The first-order valence-corrected chi connectivity index (χ1v) is 7.13. The molecule has 0 aromatic rings. The second kappa shape index (κ2) is 5.53. The second-order valence-corrected chi connectivity index (χ2v) is 6.63. The van der Waals surface area contributed by atoms with Crippen molar-refractivity contribution in [2.24, 2.45) is 11.3 Å². The molecular weight excluding hydrogens is 196 g/mol. The average molecular weight is 226 g/mol. The molecule has 0 saturated heterocycles. The number of hydrogen-bond donors (Lipinski definition) is 1. The van der Waals surface area contributed by atoms with Crippen molar-refractivity contribution in [1.29, 1.82) is 0 Å². The van der Waals surface area contributed by atoms with Gasteiger partial charge in [0.1, 0.15) is 0 Å². The summed E-state index contributed by atoms with van der Waals surface area (Å²) in [6, 6.07) is 0. The molecule has 0 heterocycles. The second-order valence-electron chi connectivity index (χ2n) is 6.63. The van der Waals surface area contributed by atoms with Gasteiger partial charge in [0.25, 0.3) is 0 Å². The molecule has 0 amide bonds. The van der Waals surface area contributed by atoms with Crippen LogP contribution < -0.4 is 0 Å². The maximum Gasteiger partial charge on any atom is 0.0650 e. The highest BCUT2D eigenvalue weighted by atomic mass is 16.3. The molecule has 1 N–H and O–H groups in total. The molecule has 0 aromatic heterocycles. The SMILES string of the molecule is CCC(CC)CC1(O)CCCC(C)(C)CC1. The Morgan fingerprint density at radius 1 is 1.00 bits per heavy atom. The van der Waals surface area contributed by atoms with E-state index < -0.39 is 0 Å². The van der Waals surface area contributed by atoms with Crippen LogP contribution in [0.1, 0.15) is 79.1 Å². The molecule has 1 heteroatoms. The molecule has 96 valence electrons. The third-order valence-corrected chi connectivity index (χ3v) is 4.59. The fourth-order valence-electron chi connectivity index (χ4n) is 3.04. The lowest BCUT2D eigenvalue weighted by molar-refractivity contribution is -0.00218. The van der Waals surface area contributed by atoms with Gasteiger partial charge >= 0.3 is 0 Å². The van der Waals surface area contributed by atoms with E-state index in [1.54, 1.807) is 0 Å². The van der Waals surface area contributed by atoms with Crippen molar-refractivity contribution in [3.05, 3.63) is 0 Å². The molecule has 1 unspecified atom stereocenters. The quantitative estimate of drug-likeness (QED) is 0.698. The minimum Gasteiger partial charge on any atom is -0.390 e. The van der Waals surface area contributed by atoms with Gasteiger partial charge in [-0.1, -0.05) is 47.0 Å². The van der Waals surface area contributed by atoms with Crippen molar-refractivity contribution in [1.82, 2.24) is 0 Å². The third-order valence-electron chi connectivity index (χ3n) is 4.59. The van der Waals surface area contributed by atoms with Crippen LogP contribution in [0.3, 0.4) is 0 Å². The predicted molar refractivity (Wildman–Crippen MR) is 70.5 cm³/mol. The largest absolute Gasteiger partial charge is 0.390 e. The van der Waals surface area contributed by atoms with Gasteiger partial charge in [0, 0.05) is 0 Å². The van der Waals surface area contributed by atoms with E-state index in [9.17, 15) is 5.11 Å². The van der Waals surface area contributed by atoms with Gasteiger partial charge in [0.15, 0.2) is 0 Å². The van der Waals surface area contributed by atoms with E-state index in [4.69, 9.17) is 0 Å². The fourth-order valence-corrected chi connectivity index (χ4v) is 3.04. The summed E-state index contributed by atoms with van der Waals surface area (Å²) in [5.74, 6) is 0.714. The van der Waals surface area contributed by atoms with Crippen molar-refractivity contribution in [2.75, 3.05) is 0 Å². The third kappa shape index (κ3) is 4.08. The van der Waals surface area contributed by atoms with E-state index in [-0.39, 0.29) is 5.60 Å². The van der Waals surface area contributed by atoms with Crippen LogP contribution in [0.5, 0.6) is 0 Å². The van der Waals surface area contributed by atoms with Crippen molar-refractivity contribution in [3.63, 3.8) is 0 Å². The van der Waals surface area contributed by atoms with Crippen LogP contribution in [0.25, 0.3) is 0 Å². The molecule has 1 aliphatic rings. The maximum absolute atomic E-state index is 10.7. The molecule has 0 aromatic carbocycles. The van der Waals surface area contributed by atoms with Gasteiger partial charge in [0.2, 0.25) is 0 Å². The van der Waals surface area contributed by atoms with Crippen molar-refractivity contribution in [3.8, 4) is 0 Å². The minimum absolute atomic E-state index is 0.357. The average Bonchev–Trinajstić information content (AvgIpc) is 2.36. The van der Waals surface area contributed by atoms with E-state index in [1.165, 1.54) is 32.1 Å². The Kier molecular flexibility index (Phi) is 4.85. The fraction of sp³-hybridized carbons (Fsp3) is 1.00. The first kappa shape index (κ1) is 14.0. The minimum atomic E-state index is -0.357. The van der Waals surface area contributed by atoms with Crippen molar-refractivity contribution in [2.45, 2.75) is 84.7 Å². The van der Waals surface area contributed by atoms with E-state index >= 15 is 0 Å². The van der Waals surface area contributed by atoms with Crippen LogP contribution in [0, 0.1) is 11.3 Å². The zero-order valence-corrected chi connectivity index (χ0v) is 11.7. The van der Waals surface area contributed by atoms with Crippen LogP contribution in [-0.4, -0.2) is 10.7 Å². The monoisotopic (exact) mass is 226 g/mol. The topological polar surface area (TPSA) is 20.2 Å². The van der Waals surface area contributed by atoms with Crippen LogP contribution in [-0.2, 0) is 0 Å². The summed E-state index contributed by atoms with van der Waals surface area (Å²) in [7, 11) is 0. The van der Waals surface area contributed by atoms with Gasteiger partial charge in [-0.2, -0.15) is 0 Å². The van der Waals surface area contributed by atoms with Gasteiger partial charge in [-0.25, -0.2) is 0 Å². The zero-order chi connectivity index (χ0) is 12.2. The lowest BCUT2D eigenvalue weighted by atomic mass is 9.80. The number of hydrogen-bond acceptors (Lipinski definition) is 1. The Bertz CT molecular complexity index is 205. The van der Waals surface area contributed by atoms with Gasteiger partial charge < -0.3 is 5.11 Å². The first-order chi connectivity index (χ1) is 7.41. The highest BCUT2D eigenvalue weighted by Crippen LogP contribution is 2.41. The van der Waals surface area contributed by atoms with Crippen molar-refractivity contribution < 1.29 is 5.11 Å². The summed E-state index contributed by atoms with van der Waals surface area (Å²) in [4.78, 5) is 0. The van der Waals surface area contributed by atoms with Gasteiger partial charge in [0.05, 0.1) is 5.60 Å². The van der Waals surface area contributed by atoms with Crippen LogP contribution in [0.4, 0.5) is 0 Å². The lowest BCUT2D eigenvalue weighted by Gasteiger charge is -2.31. The maximum atomic E-state index is 10.7. The Morgan fingerprint density at radius 2 is 1.62 bits per heavy atom. The van der Waals surface area contributed by atoms with Crippen LogP contribution >= 0.6 is 0 Å². The van der Waals surface area contributed by atoms with E-state index in [2.05, 4.69) is 27.7 Å². The smallest absolute Gasteiger partial charge is 0.0650 e. The Labute approximate surface area is 102 Å². The molecule has 1 nitrogen and oxygen atoms in total. The summed E-state index contributed by atoms with van der Waals surface area (Å²) in [6.07, 6.45) is 9.13. The zero-order valence-electron chi connectivity index (χ0n) is 11.7. The molecule has 16 heavy (non-hydrogen) atoms. The molecule has 1 rings (SSSR count). The molecule has 1 aliphatic carbocycles. The summed E-state index contributed by atoms with van der Waals surface area (Å²) in [5, 5.41) is 10.7. The van der Waals surface area contributed by atoms with Crippen molar-refractivity contribution >= 4 is 0 Å². The van der Waals surface area contributed by atoms with Gasteiger partial charge in [-0.15, -0.1) is 0 Å². The number of rotatable bonds is 4. The number of aliphatic hydroxyl groups is 1. The van der Waals surface area contributed by atoms with Crippen LogP contribution in [0.2, 0.25) is 0 Å². The summed E-state index contributed by atoms with van der Waals surface area (Å²) in [5.41, 5.74) is 0.0862. The highest BCUT2D eigenvalue weighted by molar-refractivity contribution is 4.87. The molecule has 0 spiro atoms. The Morgan fingerprint density at radius 3 is 2.19 bits per heavy atom. The molecule has 0 aliphatic heterocycles. The summed E-state index contributed by atoms with van der Waals surface area (Å²) in [6.45, 7) is 9.18. The summed E-state index contributed by atoms with van der Waals surface area (Å²) < 4.78 is 0. The summed E-state index contributed by atoms with van der Waals surface area (Å²) >= 11 is 0. The molecule has 1 saturated carbocycles. The lowest BCUT2D eigenvalue weighted by Crippen LogP contribution is -2.31. The van der Waals surface area contributed by atoms with Gasteiger partial charge in [-0.05, 0) is 43.4 Å². The molecular formula is C15H30O. The molecule has 1 fully saturated rings. The van der Waals surface area contributed by atoms with E-state index in [0.29, 0.717) is 11.3 Å². The van der Waals surface area contributed by atoms with Gasteiger partial charge in [-0.3, -0.25) is 0 Å². The Balaban J connectivity index is 2.56. The predicted octanol–water partition coefficient (Wildman–Crippen LogP) is 4.53. The molecule has 0 radical (unpaired) electrons. The highest BCUT2D eigenvalue weighted by Gasteiger charge is 2.34. The van der Waals surface area contributed by atoms with E-state index in [0.717, 1.165) is 19.3 Å². The molecule has 0 bridgehead atoms.